The number of hydrogen-bond acceptors (Lipinski definition) is 4. The molecule has 19 heavy (non-hydrogen) atoms. The largest absolute Gasteiger partial charge is 0.384 e. The van der Waals surface area contributed by atoms with E-state index in [4.69, 9.17) is 0 Å². The van der Waals surface area contributed by atoms with Gasteiger partial charge in [-0.15, -0.1) is 11.3 Å². The minimum atomic E-state index is -0.405. The highest BCUT2D eigenvalue weighted by Gasteiger charge is 2.08. The van der Waals surface area contributed by atoms with Gasteiger partial charge in [-0.1, -0.05) is 0 Å². The van der Waals surface area contributed by atoms with E-state index in [1.165, 1.54) is 17.0 Å². The molecule has 0 aliphatic carbocycles. The maximum absolute atomic E-state index is 10.6. The van der Waals surface area contributed by atoms with Crippen LogP contribution in [0, 0.1) is 10.1 Å². The van der Waals surface area contributed by atoms with Gasteiger partial charge in [0.05, 0.1) is 8.71 Å². The van der Waals surface area contributed by atoms with Crippen LogP contribution >= 0.6 is 43.2 Å². The van der Waals surface area contributed by atoms with Crippen molar-refractivity contribution in [1.29, 1.82) is 0 Å². The van der Waals surface area contributed by atoms with Crippen LogP contribution in [0.15, 0.2) is 38.6 Å². The second-order valence-electron chi connectivity index (χ2n) is 3.80. The van der Waals surface area contributed by atoms with Crippen molar-refractivity contribution in [3.63, 3.8) is 0 Å². The van der Waals surface area contributed by atoms with Crippen molar-refractivity contribution >= 4 is 54.6 Å². The first-order valence-corrected chi connectivity index (χ1v) is 7.88. The predicted octanol–water partition coefficient (Wildman–Crippen LogP) is 4.84. The van der Waals surface area contributed by atoms with Gasteiger partial charge in [0.1, 0.15) is 0 Å². The average molecular weight is 406 g/mol. The normalized spacial score (nSPS) is 10.4. The van der Waals surface area contributed by atoms with Crippen molar-refractivity contribution in [2.24, 2.45) is 0 Å². The van der Waals surface area contributed by atoms with Crippen LogP contribution in [0.2, 0.25) is 0 Å². The van der Waals surface area contributed by atoms with Gasteiger partial charge in [0.25, 0.3) is 5.69 Å². The molecule has 0 saturated carbocycles. The van der Waals surface area contributed by atoms with E-state index in [9.17, 15) is 10.1 Å². The Morgan fingerprint density at radius 3 is 2.63 bits per heavy atom. The Balaban J connectivity index is 1.94. The summed E-state index contributed by atoms with van der Waals surface area (Å²) in [6.07, 6.45) is 0.916. The first-order chi connectivity index (χ1) is 9.06. The number of nitro benzene ring substituents is 1. The fourth-order valence-electron chi connectivity index (χ4n) is 1.57. The van der Waals surface area contributed by atoms with Crippen molar-refractivity contribution in [3.8, 4) is 0 Å². The zero-order valence-electron chi connectivity index (χ0n) is 9.73. The van der Waals surface area contributed by atoms with Crippen LogP contribution in [0.3, 0.4) is 0 Å². The van der Waals surface area contributed by atoms with Gasteiger partial charge in [-0.05, 0) is 56.5 Å². The predicted molar refractivity (Wildman–Crippen MR) is 85.0 cm³/mol. The Morgan fingerprint density at radius 2 is 2.05 bits per heavy atom. The molecule has 100 valence electrons. The van der Waals surface area contributed by atoms with Gasteiger partial charge in [0, 0.05) is 33.7 Å². The van der Waals surface area contributed by atoms with Crippen molar-refractivity contribution in [3.05, 3.63) is 53.6 Å². The average Bonchev–Trinajstić information content (AvgIpc) is 2.77. The monoisotopic (exact) mass is 404 g/mol. The van der Waals surface area contributed by atoms with E-state index in [1.807, 2.05) is 6.07 Å². The molecule has 0 saturated heterocycles. The van der Waals surface area contributed by atoms with E-state index >= 15 is 0 Å². The second-order valence-corrected chi connectivity index (χ2v) is 7.21. The molecule has 1 aromatic carbocycles. The van der Waals surface area contributed by atoms with E-state index in [-0.39, 0.29) is 5.69 Å². The third-order valence-electron chi connectivity index (χ3n) is 2.48. The topological polar surface area (TPSA) is 55.2 Å². The van der Waals surface area contributed by atoms with Crippen LogP contribution in [0.5, 0.6) is 0 Å². The van der Waals surface area contributed by atoms with Gasteiger partial charge < -0.3 is 5.32 Å². The van der Waals surface area contributed by atoms with Crippen molar-refractivity contribution < 1.29 is 4.92 Å². The molecule has 0 amide bonds. The number of benzene rings is 1. The summed E-state index contributed by atoms with van der Waals surface area (Å²) in [6.45, 7) is 0.781. The van der Waals surface area contributed by atoms with Gasteiger partial charge in [-0.25, -0.2) is 0 Å². The molecule has 0 aliphatic rings. The Kier molecular flexibility index (Phi) is 4.95. The number of nitrogens with zero attached hydrogens (tertiary/aromatic N) is 1. The Hall–Kier alpha value is -0.920. The minimum absolute atomic E-state index is 0.0830. The van der Waals surface area contributed by atoms with Crippen LogP contribution < -0.4 is 5.32 Å². The Labute approximate surface area is 131 Å². The lowest BCUT2D eigenvalue weighted by Crippen LogP contribution is -2.04. The molecule has 0 bridgehead atoms. The van der Waals surface area contributed by atoms with E-state index in [0.717, 1.165) is 22.4 Å². The summed E-state index contributed by atoms with van der Waals surface area (Å²) < 4.78 is 1.83. The first kappa shape index (κ1) is 14.5. The lowest BCUT2D eigenvalue weighted by atomic mass is 10.2. The lowest BCUT2D eigenvalue weighted by molar-refractivity contribution is -0.384. The molecular weight excluding hydrogens is 396 g/mol. The summed E-state index contributed by atoms with van der Waals surface area (Å²) in [5, 5.41) is 13.9. The van der Waals surface area contributed by atoms with Crippen LogP contribution in [-0.2, 0) is 6.42 Å². The number of halogens is 2. The number of thiophene rings is 1. The van der Waals surface area contributed by atoms with Crippen LogP contribution in [-0.4, -0.2) is 11.5 Å². The Morgan fingerprint density at radius 1 is 1.26 bits per heavy atom. The molecule has 0 spiro atoms. The van der Waals surface area contributed by atoms with Gasteiger partial charge >= 0.3 is 0 Å². The number of anilines is 1. The smallest absolute Gasteiger partial charge is 0.270 e. The molecular formula is C12H10Br2N2O2S. The number of hydrogen-bond donors (Lipinski definition) is 1. The lowest BCUT2D eigenvalue weighted by Gasteiger charge is -2.07. The molecule has 0 radical (unpaired) electrons. The maximum Gasteiger partial charge on any atom is 0.270 e. The van der Waals surface area contributed by atoms with Gasteiger partial charge in [0.2, 0.25) is 0 Å². The summed E-state index contributed by atoms with van der Waals surface area (Å²) >= 11 is 8.47. The van der Waals surface area contributed by atoms with Crippen LogP contribution in [0.4, 0.5) is 11.4 Å². The SMILES string of the molecule is O=[N+]([O-])c1ccc(NCCc2ccc(Br)s2)c(Br)c1. The summed E-state index contributed by atoms with van der Waals surface area (Å²) in [6, 6.07) is 8.83. The molecule has 0 atom stereocenters. The molecule has 0 fully saturated rings. The molecule has 1 heterocycles. The highest BCUT2D eigenvalue weighted by atomic mass is 79.9. The number of nitro groups is 1. The van der Waals surface area contributed by atoms with Crippen LogP contribution in [0.1, 0.15) is 4.88 Å². The molecule has 1 N–H and O–H groups in total. The molecule has 7 heteroatoms. The second kappa shape index (κ2) is 6.49. The van der Waals surface area contributed by atoms with E-state index in [2.05, 4.69) is 43.2 Å². The zero-order valence-corrected chi connectivity index (χ0v) is 13.7. The molecule has 2 rings (SSSR count). The van der Waals surface area contributed by atoms with Gasteiger partial charge in [-0.2, -0.15) is 0 Å². The molecule has 2 aromatic rings. The van der Waals surface area contributed by atoms with Crippen molar-refractivity contribution in [2.45, 2.75) is 6.42 Å². The van der Waals surface area contributed by atoms with Gasteiger partial charge in [0.15, 0.2) is 0 Å². The highest BCUT2D eigenvalue weighted by molar-refractivity contribution is 9.11. The van der Waals surface area contributed by atoms with E-state index in [1.54, 1.807) is 17.4 Å². The minimum Gasteiger partial charge on any atom is -0.384 e. The molecule has 1 aromatic heterocycles. The Bertz CT molecular complexity index is 601. The van der Waals surface area contributed by atoms with Crippen molar-refractivity contribution in [2.75, 3.05) is 11.9 Å². The summed E-state index contributed by atoms with van der Waals surface area (Å²) in [5.74, 6) is 0. The summed E-state index contributed by atoms with van der Waals surface area (Å²) in [7, 11) is 0. The third kappa shape index (κ3) is 4.02. The summed E-state index contributed by atoms with van der Waals surface area (Å²) in [4.78, 5) is 11.5. The molecule has 4 nitrogen and oxygen atoms in total. The number of rotatable bonds is 5. The fraction of sp³-hybridized carbons (Fsp3) is 0.167. The highest BCUT2D eigenvalue weighted by Crippen LogP contribution is 2.27. The van der Waals surface area contributed by atoms with Gasteiger partial charge in [-0.3, -0.25) is 10.1 Å². The molecule has 0 unspecified atom stereocenters. The number of non-ortho nitro benzene ring substituents is 1. The van der Waals surface area contributed by atoms with E-state index in [0.29, 0.717) is 4.47 Å². The number of nitrogens with one attached hydrogen (secondary N) is 1. The first-order valence-electron chi connectivity index (χ1n) is 5.48. The zero-order chi connectivity index (χ0) is 13.8. The fourth-order valence-corrected chi connectivity index (χ4v) is 3.56. The standard InChI is InChI=1S/C12H10Br2N2O2S/c13-10-7-8(16(17)18)1-3-11(10)15-6-5-9-2-4-12(14)19-9/h1-4,7,15H,5-6H2. The van der Waals surface area contributed by atoms with Crippen molar-refractivity contribution in [1.82, 2.24) is 0 Å². The molecule has 0 aliphatic heterocycles. The van der Waals surface area contributed by atoms with E-state index < -0.39 is 4.92 Å². The quantitative estimate of drug-likeness (QED) is 0.572. The summed E-state index contributed by atoms with van der Waals surface area (Å²) in [5.41, 5.74) is 0.945. The maximum atomic E-state index is 10.6. The van der Waals surface area contributed by atoms with Crippen LogP contribution in [0.25, 0.3) is 0 Å². The third-order valence-corrected chi connectivity index (χ3v) is 4.82.